The van der Waals surface area contributed by atoms with Gasteiger partial charge in [0.25, 0.3) is 0 Å². The first-order valence-corrected chi connectivity index (χ1v) is 14.2. The first kappa shape index (κ1) is 28.1. The third-order valence-corrected chi connectivity index (χ3v) is 5.78. The van der Waals surface area contributed by atoms with Crippen LogP contribution in [-0.2, 0) is 6.42 Å². The van der Waals surface area contributed by atoms with Crippen molar-refractivity contribution in [1.29, 1.82) is 0 Å². The van der Waals surface area contributed by atoms with Crippen LogP contribution in [0.1, 0.15) is 115 Å². The van der Waals surface area contributed by atoms with Crippen molar-refractivity contribution in [2.75, 3.05) is 0 Å². The number of benzene rings is 1. The van der Waals surface area contributed by atoms with Gasteiger partial charge >= 0.3 is 14.8 Å². The van der Waals surface area contributed by atoms with Gasteiger partial charge in [0, 0.05) is 6.42 Å². The Labute approximate surface area is 194 Å². The predicted molar refractivity (Wildman–Crippen MR) is 122 cm³/mol. The highest BCUT2D eigenvalue weighted by Gasteiger charge is 2.04. The van der Waals surface area contributed by atoms with Crippen molar-refractivity contribution in [2.45, 2.75) is 117 Å². The van der Waals surface area contributed by atoms with Gasteiger partial charge in [-0.1, -0.05) is 109 Å². The van der Waals surface area contributed by atoms with Gasteiger partial charge in [0.15, 0.2) is 0 Å². The molecule has 2 rings (SSSR count). The molecule has 0 aliphatic heterocycles. The largest absolute Gasteiger partial charge is 0.433 e. The minimum absolute atomic E-state index is 1.09. The number of H-pyrrole nitrogens is 1. The molecule has 31 heavy (non-hydrogen) atoms. The molecule has 2 N–H and O–H groups in total. The lowest BCUT2D eigenvalue weighted by molar-refractivity contribution is -1.63. The number of para-hydroxylation sites is 1. The predicted octanol–water partition coefficient (Wildman–Crippen LogP) is 5.35. The molecule has 0 radical (unpaired) electrons. The minimum Gasteiger partial charge on any atom is -0.372 e. The van der Waals surface area contributed by atoms with E-state index in [-0.39, 0.29) is 0 Å². The molecule has 6 heteroatoms. The number of aromatic amines is 1. The van der Waals surface area contributed by atoms with Crippen LogP contribution in [0.15, 0.2) is 18.2 Å². The number of aryl methyl sites for hydroxylation is 2. The SMILES string of the molecule is CCCCCCCCCCCCCCCCCc1nc2c(C)cccc2[nH]1.[O-][Br+2]([O-])O. The lowest BCUT2D eigenvalue weighted by atomic mass is 10.0. The van der Waals surface area contributed by atoms with Crippen LogP contribution in [0.25, 0.3) is 11.0 Å². The smallest absolute Gasteiger partial charge is 0.372 e. The molecule has 5 nitrogen and oxygen atoms in total. The standard InChI is InChI=1S/C25H42N2.BrHO3/c1-3-4-5-6-7-8-9-10-11-12-13-14-15-16-17-21-24-26-23-20-18-19-22(2)25(23)27-24;2-1(3)4/h18-20H,3-17,21H2,1-2H3,(H,26,27);2H. The number of hydrogen-bond acceptors (Lipinski definition) is 4. The van der Waals surface area contributed by atoms with Crippen molar-refractivity contribution in [1.82, 2.24) is 9.97 Å². The summed E-state index contributed by atoms with van der Waals surface area (Å²) >= 11 is -3.40. The Balaban J connectivity index is 0.00000110. The molecule has 0 atom stereocenters. The number of aromatic nitrogens is 2. The number of hydrogen-bond donors (Lipinski definition) is 2. The second-order valence-electron chi connectivity index (χ2n) is 8.56. The number of fused-ring (bicyclic) bond motifs is 1. The van der Waals surface area contributed by atoms with Gasteiger partial charge in [-0.3, -0.25) is 0 Å². The van der Waals surface area contributed by atoms with Crippen LogP contribution in [0.2, 0.25) is 0 Å². The van der Waals surface area contributed by atoms with E-state index in [2.05, 4.69) is 37.0 Å². The number of imidazole rings is 1. The van der Waals surface area contributed by atoms with E-state index in [0.717, 1.165) is 17.8 Å². The van der Waals surface area contributed by atoms with E-state index in [1.54, 1.807) is 0 Å². The van der Waals surface area contributed by atoms with E-state index >= 15 is 0 Å². The van der Waals surface area contributed by atoms with Crippen LogP contribution in [0.3, 0.4) is 0 Å². The van der Waals surface area contributed by atoms with Crippen molar-refractivity contribution in [3.63, 3.8) is 0 Å². The Kier molecular flexibility index (Phi) is 16.9. The summed E-state index contributed by atoms with van der Waals surface area (Å²) in [5, 5.41) is 0. The third-order valence-electron chi connectivity index (χ3n) is 5.78. The molecular weight excluding hydrogens is 456 g/mol. The van der Waals surface area contributed by atoms with Gasteiger partial charge in [0.05, 0.1) is 11.0 Å². The summed E-state index contributed by atoms with van der Waals surface area (Å²) in [7, 11) is 0. The molecular formula is C25H43BrN2O3. The number of halogens is 1. The maximum Gasteiger partial charge on any atom is 0.433 e. The Hall–Kier alpha value is -0.950. The molecule has 0 amide bonds. The lowest BCUT2D eigenvalue weighted by Gasteiger charge is -2.03. The van der Waals surface area contributed by atoms with Gasteiger partial charge in [-0.2, -0.15) is 0 Å². The Morgan fingerprint density at radius 3 is 1.71 bits per heavy atom. The molecule has 0 saturated heterocycles. The first-order valence-electron chi connectivity index (χ1n) is 12.2. The summed E-state index contributed by atoms with van der Waals surface area (Å²) in [5.41, 5.74) is 3.60. The molecule has 0 spiro atoms. The highest BCUT2D eigenvalue weighted by atomic mass is 80.0. The van der Waals surface area contributed by atoms with E-state index in [4.69, 9.17) is 17.6 Å². The van der Waals surface area contributed by atoms with Crippen molar-refractivity contribution >= 4 is 11.0 Å². The third kappa shape index (κ3) is 14.7. The van der Waals surface area contributed by atoms with Crippen LogP contribution in [0.5, 0.6) is 0 Å². The van der Waals surface area contributed by atoms with Gasteiger partial charge in [-0.05, 0) is 29.2 Å². The van der Waals surface area contributed by atoms with E-state index in [1.165, 1.54) is 107 Å². The number of nitrogens with one attached hydrogen (secondary N) is 1. The molecule has 1 heterocycles. The van der Waals surface area contributed by atoms with Crippen molar-refractivity contribution in [3.8, 4) is 0 Å². The second kappa shape index (κ2) is 18.6. The second-order valence-corrected chi connectivity index (χ2v) is 9.40. The highest BCUT2D eigenvalue weighted by Crippen LogP contribution is 2.17. The Morgan fingerprint density at radius 1 is 0.806 bits per heavy atom. The molecule has 2 aromatic rings. The highest BCUT2D eigenvalue weighted by molar-refractivity contribution is 5.78. The molecule has 1 aromatic heterocycles. The normalized spacial score (nSPS) is 11.2. The average Bonchev–Trinajstić information content (AvgIpc) is 3.15. The summed E-state index contributed by atoms with van der Waals surface area (Å²) in [5.74, 6) is 1.16. The van der Waals surface area contributed by atoms with Crippen molar-refractivity contribution < 1.29 is 27.4 Å². The minimum atomic E-state index is -3.40. The molecule has 0 saturated carbocycles. The number of unbranched alkanes of at least 4 members (excludes halogenated alkanes) is 14. The summed E-state index contributed by atoms with van der Waals surface area (Å²) in [6, 6.07) is 6.37. The fourth-order valence-electron chi connectivity index (χ4n) is 4.01. The zero-order valence-corrected chi connectivity index (χ0v) is 21.2. The van der Waals surface area contributed by atoms with Gasteiger partial charge in [0.2, 0.25) is 0 Å². The van der Waals surface area contributed by atoms with Crippen molar-refractivity contribution in [3.05, 3.63) is 29.6 Å². The van der Waals surface area contributed by atoms with E-state index in [0.29, 0.717) is 0 Å². The van der Waals surface area contributed by atoms with Gasteiger partial charge in [-0.15, -0.1) is 0 Å². The van der Waals surface area contributed by atoms with Crippen molar-refractivity contribution in [2.24, 2.45) is 0 Å². The van der Waals surface area contributed by atoms with Crippen LogP contribution in [0.4, 0.5) is 0 Å². The van der Waals surface area contributed by atoms with E-state index in [1.807, 2.05) is 0 Å². The summed E-state index contributed by atoms with van der Waals surface area (Å²) in [6.45, 7) is 4.43. The van der Waals surface area contributed by atoms with Gasteiger partial charge in [-0.25, -0.2) is 4.98 Å². The van der Waals surface area contributed by atoms with Crippen LogP contribution < -0.4 is 8.40 Å². The van der Waals surface area contributed by atoms with Crippen LogP contribution in [-0.4, -0.2) is 14.2 Å². The molecule has 0 aliphatic carbocycles. The molecule has 1 aromatic carbocycles. The average molecular weight is 500 g/mol. The quantitative estimate of drug-likeness (QED) is 0.305. The first-order chi connectivity index (χ1) is 15.0. The summed E-state index contributed by atoms with van der Waals surface area (Å²) in [6.07, 6.45) is 22.4. The molecule has 178 valence electrons. The topological polar surface area (TPSA) is 95.0 Å². The van der Waals surface area contributed by atoms with Crippen LogP contribution in [0, 0.1) is 21.7 Å². The molecule has 0 bridgehead atoms. The molecule has 0 aliphatic rings. The molecule has 0 fully saturated rings. The number of nitrogens with zero attached hydrogens (tertiary/aromatic N) is 1. The Morgan fingerprint density at radius 2 is 1.26 bits per heavy atom. The zero-order chi connectivity index (χ0) is 22.7. The maximum absolute atomic E-state index is 8.63. The lowest BCUT2D eigenvalue weighted by Crippen LogP contribution is -2.30. The molecule has 0 unspecified atom stereocenters. The fraction of sp³-hybridized carbons (Fsp3) is 0.720. The summed E-state index contributed by atoms with van der Waals surface area (Å²) < 4.78 is 24.3. The van der Waals surface area contributed by atoms with E-state index < -0.39 is 14.8 Å². The van der Waals surface area contributed by atoms with Gasteiger partial charge < -0.3 is 13.4 Å². The fourth-order valence-corrected chi connectivity index (χ4v) is 4.01. The zero-order valence-electron chi connectivity index (χ0n) is 19.6. The monoisotopic (exact) mass is 498 g/mol. The van der Waals surface area contributed by atoms with Gasteiger partial charge in [0.1, 0.15) is 5.82 Å². The summed E-state index contributed by atoms with van der Waals surface area (Å²) in [4.78, 5) is 8.23. The number of rotatable bonds is 16. The Bertz CT molecular complexity index is 673. The van der Waals surface area contributed by atoms with Crippen LogP contribution >= 0.6 is 0 Å². The van der Waals surface area contributed by atoms with E-state index in [9.17, 15) is 0 Å². The maximum atomic E-state index is 8.63.